The molecule has 0 atom stereocenters. The minimum Gasteiger partial charge on any atom is -0.481 e. The van der Waals surface area contributed by atoms with Gasteiger partial charge in [-0.1, -0.05) is 12.1 Å². The molecule has 2 aromatic rings. The van der Waals surface area contributed by atoms with Gasteiger partial charge in [0.15, 0.2) is 0 Å². The van der Waals surface area contributed by atoms with Crippen molar-refractivity contribution in [3.8, 4) is 11.5 Å². The van der Waals surface area contributed by atoms with Crippen molar-refractivity contribution in [2.75, 3.05) is 7.05 Å². The molecular formula is C16H19ArN3O4. The van der Waals surface area contributed by atoms with E-state index in [2.05, 4.69) is 10.3 Å². The van der Waals surface area contributed by atoms with E-state index in [9.17, 15) is 9.59 Å². The molecule has 0 aliphatic carbocycles. The Kier molecular flexibility index (Phi) is 10.2. The number of nitrogens with zero attached hydrogens (tertiary/aromatic N) is 1. The van der Waals surface area contributed by atoms with Gasteiger partial charge in [0.2, 0.25) is 0 Å². The fraction of sp³-hybridized carbons (Fsp3) is 0.188. The van der Waals surface area contributed by atoms with Crippen molar-refractivity contribution in [2.24, 2.45) is 0 Å². The molecule has 0 spiro atoms. The van der Waals surface area contributed by atoms with Crippen LogP contribution in [-0.4, -0.2) is 29.0 Å². The van der Waals surface area contributed by atoms with E-state index in [1.165, 1.54) is 13.2 Å². The molecule has 24 heavy (non-hydrogen) atoms. The monoisotopic (exact) mass is 357 g/mol. The van der Waals surface area contributed by atoms with Crippen LogP contribution in [0.25, 0.3) is 0 Å². The van der Waals surface area contributed by atoms with Gasteiger partial charge in [0.1, 0.15) is 17.2 Å². The Hall–Kier alpha value is -1.67. The second kappa shape index (κ2) is 11.0. The molecule has 5 N–H and O–H groups in total. The van der Waals surface area contributed by atoms with Gasteiger partial charge in [-0.15, -0.1) is 0 Å². The largest absolute Gasteiger partial charge is 0.481 e. The fourth-order valence-electron chi connectivity index (χ4n) is 1.88. The van der Waals surface area contributed by atoms with E-state index in [0.29, 0.717) is 17.9 Å². The maximum Gasteiger partial charge on any atom is 0.303 e. The summed E-state index contributed by atoms with van der Waals surface area (Å²) in [4.78, 5) is 26.1. The van der Waals surface area contributed by atoms with Gasteiger partial charge < -0.3 is 21.3 Å². The molecule has 0 bridgehead atoms. The van der Waals surface area contributed by atoms with Gasteiger partial charge in [0.25, 0.3) is 5.91 Å². The number of benzene rings is 1. The van der Waals surface area contributed by atoms with E-state index in [-0.39, 0.29) is 61.9 Å². The number of aryl methyl sites for hydroxylation is 1. The third-order valence-corrected chi connectivity index (χ3v) is 2.95. The number of nitrogens with one attached hydrogen (secondary N) is 1. The average Bonchev–Trinajstić information content (AvgIpc) is 2.53. The van der Waals surface area contributed by atoms with Crippen molar-refractivity contribution in [3.05, 3.63) is 53.9 Å². The Morgan fingerprint density at radius 3 is 2.58 bits per heavy atom. The first-order valence-electron chi connectivity index (χ1n) is 6.75. The first-order chi connectivity index (χ1) is 10.6. The quantitative estimate of drug-likeness (QED) is 0.729. The van der Waals surface area contributed by atoms with Crippen molar-refractivity contribution in [1.29, 1.82) is 0 Å². The molecule has 1 aromatic heterocycles. The molecule has 1 aromatic carbocycles. The van der Waals surface area contributed by atoms with E-state index in [1.54, 1.807) is 30.3 Å². The first-order valence-corrected chi connectivity index (χ1v) is 6.75. The predicted molar refractivity (Wildman–Crippen MR) is 85.1 cm³/mol. The molecule has 0 saturated carbocycles. The number of pyridine rings is 1. The number of amides is 1. The van der Waals surface area contributed by atoms with E-state index < -0.39 is 5.97 Å². The van der Waals surface area contributed by atoms with Gasteiger partial charge in [0.05, 0.1) is 0 Å². The number of rotatable bonds is 6. The number of carbonyl (C=O) groups is 2. The van der Waals surface area contributed by atoms with Crippen molar-refractivity contribution in [2.45, 2.75) is 12.8 Å². The number of carboxylic acid groups (broad SMARTS) is 1. The van der Waals surface area contributed by atoms with Crippen LogP contribution in [-0.2, 0) is 11.2 Å². The number of aliphatic carboxylic acids is 1. The summed E-state index contributed by atoms with van der Waals surface area (Å²) in [6, 6.07) is 10.4. The molecule has 2 rings (SSSR count). The zero-order valence-electron chi connectivity index (χ0n) is 13.1. The summed E-state index contributed by atoms with van der Waals surface area (Å²) < 4.78 is 5.69. The van der Waals surface area contributed by atoms with Crippen molar-refractivity contribution in [3.63, 3.8) is 0 Å². The Balaban J connectivity index is 0.00000264. The Labute approximate surface area is 170 Å². The van der Waals surface area contributed by atoms with Crippen LogP contribution in [0.4, 0.5) is 0 Å². The van der Waals surface area contributed by atoms with Crippen molar-refractivity contribution in [1.82, 2.24) is 16.5 Å². The Morgan fingerprint density at radius 2 is 1.92 bits per heavy atom. The topological polar surface area (TPSA) is 124 Å². The zero-order valence-corrected chi connectivity index (χ0v) is 13.8. The van der Waals surface area contributed by atoms with E-state index in [0.717, 1.165) is 5.56 Å². The molecule has 7 nitrogen and oxygen atoms in total. The number of hydrogen-bond acceptors (Lipinski definition) is 5. The Morgan fingerprint density at radius 1 is 1.21 bits per heavy atom. The molecule has 0 aliphatic rings. The minimum atomic E-state index is -0.837. The number of hydrogen-bond donors (Lipinski definition) is 3. The van der Waals surface area contributed by atoms with E-state index in [4.69, 9.17) is 9.84 Å². The standard InChI is InChI=1S/C16H16N2O4.Ar.H3N/c1-17-16(21)14-10-13(7-8-18-14)22-12-4-2-3-11(9-12)5-6-15(19)20;;/h2-4,7-10H,5-6H2,1H3,(H,17,21)(H,19,20);;1H3. The van der Waals surface area contributed by atoms with Gasteiger partial charge in [-0.2, -0.15) is 0 Å². The molecular weight excluding hydrogens is 338 g/mol. The molecule has 0 fully saturated rings. The summed E-state index contributed by atoms with van der Waals surface area (Å²) in [5.74, 6) is -0.0581. The molecule has 0 saturated heterocycles. The second-order valence-corrected chi connectivity index (χ2v) is 4.60. The maximum atomic E-state index is 11.5. The van der Waals surface area contributed by atoms with Crippen LogP contribution in [0, 0.1) is 37.7 Å². The normalized spacial score (nSPS) is 9.21. The van der Waals surface area contributed by atoms with E-state index >= 15 is 0 Å². The molecule has 1 amide bonds. The predicted octanol–water partition coefficient (Wildman–Crippen LogP) is 2.41. The van der Waals surface area contributed by atoms with Crippen molar-refractivity contribution < 1.29 is 57.2 Å². The third-order valence-electron chi connectivity index (χ3n) is 2.95. The summed E-state index contributed by atoms with van der Waals surface area (Å²) in [6.07, 6.45) is 2.00. The van der Waals surface area contributed by atoms with Gasteiger partial charge in [-0.05, 0) is 30.2 Å². The van der Waals surface area contributed by atoms with E-state index in [1.807, 2.05) is 6.07 Å². The van der Waals surface area contributed by atoms with Crippen LogP contribution in [0.5, 0.6) is 11.5 Å². The Bertz CT molecular complexity index is 695. The zero-order chi connectivity index (χ0) is 15.9. The minimum absolute atomic E-state index is 0. The fourth-order valence-corrected chi connectivity index (χ4v) is 1.88. The van der Waals surface area contributed by atoms with Crippen LogP contribution in [0.1, 0.15) is 22.5 Å². The molecule has 0 unspecified atom stereocenters. The SMILES string of the molecule is CNC(=O)c1cc(Oc2cccc(CCC(=O)O)c2)ccn1.N.[Ar]. The van der Waals surface area contributed by atoms with Crippen LogP contribution in [0.2, 0.25) is 0 Å². The maximum absolute atomic E-state index is 11.5. The van der Waals surface area contributed by atoms with Gasteiger partial charge >= 0.3 is 5.97 Å². The van der Waals surface area contributed by atoms with Gasteiger partial charge in [0, 0.05) is 63.5 Å². The van der Waals surface area contributed by atoms with Crippen LogP contribution in [0.15, 0.2) is 42.6 Å². The molecule has 130 valence electrons. The summed E-state index contributed by atoms with van der Waals surface area (Å²) in [5.41, 5.74) is 1.14. The molecule has 1 heterocycles. The molecule has 8 heteroatoms. The smallest absolute Gasteiger partial charge is 0.303 e. The van der Waals surface area contributed by atoms with Crippen LogP contribution < -0.4 is 16.2 Å². The second-order valence-electron chi connectivity index (χ2n) is 4.60. The number of aromatic nitrogens is 1. The summed E-state index contributed by atoms with van der Waals surface area (Å²) in [6.45, 7) is 0. The summed E-state index contributed by atoms with van der Waals surface area (Å²) in [5, 5.41) is 11.2. The number of carboxylic acids is 1. The summed E-state index contributed by atoms with van der Waals surface area (Å²) >= 11 is 0. The first kappa shape index (κ1) is 22.3. The third kappa shape index (κ3) is 6.84. The molecule has 0 radical (unpaired) electrons. The number of ether oxygens (including phenoxy) is 1. The van der Waals surface area contributed by atoms with Crippen LogP contribution >= 0.6 is 0 Å². The number of carbonyl (C=O) groups excluding carboxylic acids is 1. The van der Waals surface area contributed by atoms with Gasteiger partial charge in [-0.3, -0.25) is 14.6 Å². The van der Waals surface area contributed by atoms with Gasteiger partial charge in [-0.25, -0.2) is 0 Å². The van der Waals surface area contributed by atoms with Crippen molar-refractivity contribution >= 4 is 11.9 Å². The molecule has 0 aliphatic heterocycles. The van der Waals surface area contributed by atoms with Crippen LogP contribution in [0.3, 0.4) is 0 Å². The summed E-state index contributed by atoms with van der Waals surface area (Å²) in [7, 11) is 1.53. The average molecular weight is 357 g/mol.